The molecule has 1 heterocycles. The summed E-state index contributed by atoms with van der Waals surface area (Å²) in [7, 11) is 0. The summed E-state index contributed by atoms with van der Waals surface area (Å²) in [6.07, 6.45) is 1.52. The molecule has 1 aliphatic heterocycles. The minimum Gasteiger partial charge on any atom is -0.491 e. The molecule has 1 N–H and O–H groups in total. The Morgan fingerprint density at radius 2 is 1.94 bits per heavy atom. The predicted molar refractivity (Wildman–Crippen MR) is 125 cm³/mol. The van der Waals surface area contributed by atoms with Crippen molar-refractivity contribution in [2.24, 2.45) is 0 Å². The number of hydrogen-bond donors (Lipinski definition) is 1. The summed E-state index contributed by atoms with van der Waals surface area (Å²) >= 11 is 1.41. The molecule has 0 aromatic heterocycles. The number of carboxylic acid groups (broad SMARTS) is 1. The number of aliphatic carboxylic acids is 1. The van der Waals surface area contributed by atoms with Crippen LogP contribution in [0.1, 0.15) is 18.4 Å². The summed E-state index contributed by atoms with van der Waals surface area (Å²) in [5.74, 6) is -0.444. The molecular formula is C26H23FN2O3S. The van der Waals surface area contributed by atoms with Crippen LogP contribution >= 0.6 is 11.8 Å². The summed E-state index contributed by atoms with van der Waals surface area (Å²) in [5, 5.41) is 18.4. The second-order valence-electron chi connectivity index (χ2n) is 7.79. The van der Waals surface area contributed by atoms with E-state index in [-0.39, 0.29) is 5.82 Å². The van der Waals surface area contributed by atoms with E-state index in [1.165, 1.54) is 23.9 Å². The summed E-state index contributed by atoms with van der Waals surface area (Å²) in [6.45, 7) is 1.61. The number of likely N-dealkylation sites (tertiary alicyclic amines) is 1. The van der Waals surface area contributed by atoms with Crippen molar-refractivity contribution in [2.45, 2.75) is 28.7 Å². The van der Waals surface area contributed by atoms with E-state index in [9.17, 15) is 14.3 Å². The number of nitrogens with zero attached hydrogens (tertiary/aromatic N) is 2. The summed E-state index contributed by atoms with van der Waals surface area (Å²) in [4.78, 5) is 15.0. The summed E-state index contributed by atoms with van der Waals surface area (Å²) in [5.41, 5.74) is 2.47. The van der Waals surface area contributed by atoms with Crippen molar-refractivity contribution < 1.29 is 19.0 Å². The molecule has 0 spiro atoms. The minimum absolute atomic E-state index is 0.301. The van der Waals surface area contributed by atoms with Crippen LogP contribution in [0.15, 0.2) is 76.5 Å². The van der Waals surface area contributed by atoms with Gasteiger partial charge >= 0.3 is 5.97 Å². The predicted octanol–water partition coefficient (Wildman–Crippen LogP) is 5.44. The van der Waals surface area contributed by atoms with Crippen LogP contribution in [-0.4, -0.2) is 41.7 Å². The number of benzene rings is 3. The van der Waals surface area contributed by atoms with E-state index in [2.05, 4.69) is 6.07 Å². The van der Waals surface area contributed by atoms with E-state index >= 15 is 0 Å². The molecule has 3 aromatic rings. The van der Waals surface area contributed by atoms with Gasteiger partial charge in [-0.15, -0.1) is 0 Å². The van der Waals surface area contributed by atoms with Gasteiger partial charge in [-0.25, -0.2) is 4.39 Å². The van der Waals surface area contributed by atoms with Crippen LogP contribution in [0.25, 0.3) is 11.1 Å². The van der Waals surface area contributed by atoms with Crippen LogP contribution in [0.3, 0.4) is 0 Å². The molecule has 0 bridgehead atoms. The molecule has 0 amide bonds. The maximum atomic E-state index is 13.7. The molecule has 1 unspecified atom stereocenters. The Morgan fingerprint density at radius 3 is 2.67 bits per heavy atom. The fourth-order valence-corrected chi connectivity index (χ4v) is 4.85. The highest BCUT2D eigenvalue weighted by Gasteiger charge is 2.30. The summed E-state index contributed by atoms with van der Waals surface area (Å²) in [6, 6.07) is 21.2. The fourth-order valence-electron chi connectivity index (χ4n) is 3.93. The third kappa shape index (κ3) is 5.72. The van der Waals surface area contributed by atoms with Crippen LogP contribution in [0, 0.1) is 17.1 Å². The first-order valence-corrected chi connectivity index (χ1v) is 11.5. The molecule has 0 saturated carbocycles. The second kappa shape index (κ2) is 10.5. The smallest absolute Gasteiger partial charge is 0.320 e. The lowest BCUT2D eigenvalue weighted by molar-refractivity contribution is -0.142. The zero-order valence-electron chi connectivity index (χ0n) is 17.9. The van der Waals surface area contributed by atoms with Crippen LogP contribution < -0.4 is 4.74 Å². The van der Waals surface area contributed by atoms with Crippen molar-refractivity contribution in [1.29, 1.82) is 5.26 Å². The van der Waals surface area contributed by atoms with Crippen molar-refractivity contribution in [3.05, 3.63) is 78.1 Å². The number of ether oxygens (including phenoxy) is 1. The van der Waals surface area contributed by atoms with Crippen molar-refractivity contribution in [3.8, 4) is 22.9 Å². The SMILES string of the molecule is N#Cc1ccc(-c2ccc(Sc3cccc(F)c3)c(OCCN3CCCC3C(=O)O)c2)cc1. The minimum atomic E-state index is -0.794. The molecule has 7 heteroatoms. The van der Waals surface area contributed by atoms with E-state index in [1.807, 2.05) is 41.3 Å². The normalized spacial score (nSPS) is 15.8. The Bertz CT molecular complexity index is 1180. The van der Waals surface area contributed by atoms with Crippen LogP contribution in [0.5, 0.6) is 5.75 Å². The van der Waals surface area contributed by atoms with Gasteiger partial charge in [0.05, 0.1) is 16.5 Å². The zero-order valence-corrected chi connectivity index (χ0v) is 18.7. The molecule has 33 heavy (non-hydrogen) atoms. The van der Waals surface area contributed by atoms with E-state index in [4.69, 9.17) is 10.00 Å². The Kier molecular flexibility index (Phi) is 7.28. The standard InChI is InChI=1S/C26H23FN2O3S/c27-21-3-1-4-22(16-21)33-25-11-10-20(19-8-6-18(17-28)7-9-19)15-24(25)32-14-13-29-12-2-5-23(29)26(30)31/h1,3-4,6-11,15-16,23H,2,5,12-14H2,(H,30,31). The molecule has 1 aliphatic rings. The first kappa shape index (κ1) is 22.8. The first-order chi connectivity index (χ1) is 16.0. The zero-order chi connectivity index (χ0) is 23.2. The van der Waals surface area contributed by atoms with E-state index in [0.717, 1.165) is 33.9 Å². The van der Waals surface area contributed by atoms with Crippen LogP contribution in [0.4, 0.5) is 4.39 Å². The van der Waals surface area contributed by atoms with Gasteiger partial charge in [0.15, 0.2) is 0 Å². The Balaban J connectivity index is 1.56. The summed E-state index contributed by atoms with van der Waals surface area (Å²) < 4.78 is 19.8. The largest absolute Gasteiger partial charge is 0.491 e. The maximum Gasteiger partial charge on any atom is 0.320 e. The molecular weight excluding hydrogens is 439 g/mol. The maximum absolute atomic E-state index is 13.7. The lowest BCUT2D eigenvalue weighted by atomic mass is 10.0. The number of carbonyl (C=O) groups is 1. The highest BCUT2D eigenvalue weighted by Crippen LogP contribution is 2.38. The number of rotatable bonds is 8. The Labute approximate surface area is 196 Å². The Morgan fingerprint density at radius 1 is 1.15 bits per heavy atom. The molecule has 4 rings (SSSR count). The topological polar surface area (TPSA) is 73.6 Å². The number of halogens is 1. The molecule has 0 radical (unpaired) electrons. The average molecular weight is 463 g/mol. The van der Waals surface area contributed by atoms with Gasteiger partial charge in [0, 0.05) is 11.4 Å². The van der Waals surface area contributed by atoms with Gasteiger partial charge in [-0.2, -0.15) is 5.26 Å². The molecule has 1 atom stereocenters. The van der Waals surface area contributed by atoms with Crippen LogP contribution in [0.2, 0.25) is 0 Å². The van der Waals surface area contributed by atoms with Crippen molar-refractivity contribution >= 4 is 17.7 Å². The third-order valence-corrected chi connectivity index (χ3v) is 6.65. The van der Waals surface area contributed by atoms with Crippen molar-refractivity contribution in [1.82, 2.24) is 4.90 Å². The lowest BCUT2D eigenvalue weighted by Gasteiger charge is -2.21. The van der Waals surface area contributed by atoms with Crippen molar-refractivity contribution in [2.75, 3.05) is 19.7 Å². The lowest BCUT2D eigenvalue weighted by Crippen LogP contribution is -2.38. The number of carboxylic acids is 1. The molecule has 3 aromatic carbocycles. The molecule has 1 fully saturated rings. The quantitative estimate of drug-likeness (QED) is 0.480. The fraction of sp³-hybridized carbons (Fsp3) is 0.231. The van der Waals surface area contributed by atoms with Gasteiger partial charge in [-0.3, -0.25) is 9.69 Å². The van der Waals surface area contributed by atoms with E-state index in [0.29, 0.717) is 30.9 Å². The third-order valence-electron chi connectivity index (χ3n) is 5.60. The highest BCUT2D eigenvalue weighted by molar-refractivity contribution is 7.99. The highest BCUT2D eigenvalue weighted by atomic mass is 32.2. The van der Waals surface area contributed by atoms with Gasteiger partial charge in [0.2, 0.25) is 0 Å². The molecule has 0 aliphatic carbocycles. The monoisotopic (exact) mass is 462 g/mol. The van der Waals surface area contributed by atoms with Gasteiger partial charge < -0.3 is 9.84 Å². The molecule has 5 nitrogen and oxygen atoms in total. The van der Waals surface area contributed by atoms with E-state index in [1.54, 1.807) is 18.2 Å². The van der Waals surface area contributed by atoms with Gasteiger partial charge in [-0.1, -0.05) is 36.0 Å². The first-order valence-electron chi connectivity index (χ1n) is 10.7. The Hall–Kier alpha value is -3.34. The number of hydrogen-bond acceptors (Lipinski definition) is 5. The van der Waals surface area contributed by atoms with Crippen LogP contribution in [-0.2, 0) is 4.79 Å². The molecule has 1 saturated heterocycles. The number of nitriles is 1. The van der Waals surface area contributed by atoms with Gasteiger partial charge in [-0.05, 0) is 73.0 Å². The molecule has 168 valence electrons. The van der Waals surface area contributed by atoms with Gasteiger partial charge in [0.1, 0.15) is 24.2 Å². The average Bonchev–Trinajstić information content (AvgIpc) is 3.29. The van der Waals surface area contributed by atoms with E-state index < -0.39 is 12.0 Å². The second-order valence-corrected chi connectivity index (χ2v) is 8.91. The van der Waals surface area contributed by atoms with Crippen molar-refractivity contribution in [3.63, 3.8) is 0 Å². The van der Waals surface area contributed by atoms with Gasteiger partial charge in [0.25, 0.3) is 0 Å².